The number of aromatic nitrogens is 2. The SMILES string of the molecule is COc1ccc(C(CC(=O)NCCCc2nc3ccccc3[nH]2)c2c(O)cc3c(c2O)C(=O)OC(C)CCCC(=O)CCCC=C3)cc1. The number of carbonyl (C=O) groups excluding carboxylic acids is 3. The van der Waals surface area contributed by atoms with E-state index >= 15 is 0 Å². The Bertz CT molecular complexity index is 1740. The molecule has 1 amide bonds. The highest BCUT2D eigenvalue weighted by molar-refractivity contribution is 5.98. The van der Waals surface area contributed by atoms with Gasteiger partial charge in [0, 0.05) is 43.7 Å². The molecule has 2 unspecified atom stereocenters. The van der Waals surface area contributed by atoms with Crippen molar-refractivity contribution >= 4 is 34.8 Å². The smallest absolute Gasteiger partial charge is 0.342 e. The highest BCUT2D eigenvalue weighted by Gasteiger charge is 2.31. The normalized spacial score (nSPS) is 16.5. The van der Waals surface area contributed by atoms with Crippen LogP contribution in [0, 0.1) is 0 Å². The molecule has 0 fully saturated rings. The Kier molecular flexibility index (Phi) is 11.5. The van der Waals surface area contributed by atoms with Crippen molar-refractivity contribution in [3.63, 3.8) is 0 Å². The number of fused-ring (bicyclic) bond motifs is 2. The lowest BCUT2D eigenvalue weighted by atomic mass is 9.84. The number of aromatic amines is 1. The maximum Gasteiger partial charge on any atom is 0.342 e. The molecule has 10 nitrogen and oxygen atoms in total. The van der Waals surface area contributed by atoms with Crippen LogP contribution in [0.25, 0.3) is 17.1 Å². The standard InChI is InChI=1S/C38H43N3O7/c1-24-10-8-13-27(42)12-5-3-4-11-26-22-32(43)36(37(45)35(26)38(46)48-24)29(25-17-19-28(47-2)20-18-25)23-34(44)39-21-9-16-33-40-30-14-6-7-15-31(30)41-33/h4,6-7,11,14-15,17-20,22,24,29,43,45H,3,5,8-10,12-13,16,21,23H2,1-2H3,(H,39,44)(H,40,41). The van der Waals surface area contributed by atoms with Gasteiger partial charge in [0.2, 0.25) is 5.91 Å². The first-order valence-corrected chi connectivity index (χ1v) is 16.6. The molecule has 4 aromatic rings. The first-order chi connectivity index (χ1) is 23.2. The number of aromatic hydroxyl groups is 2. The Morgan fingerprint density at radius 2 is 1.88 bits per heavy atom. The van der Waals surface area contributed by atoms with Gasteiger partial charge in [-0.15, -0.1) is 0 Å². The number of ether oxygens (including phenoxy) is 2. The molecule has 0 bridgehead atoms. The number of Topliss-reactive ketones (excluding diaryl/α,β-unsaturated/α-hetero) is 1. The molecule has 0 spiro atoms. The fourth-order valence-electron chi connectivity index (χ4n) is 6.11. The summed E-state index contributed by atoms with van der Waals surface area (Å²) in [4.78, 5) is 47.0. The van der Waals surface area contributed by atoms with E-state index in [1.807, 2.05) is 30.3 Å². The Morgan fingerprint density at radius 3 is 2.65 bits per heavy atom. The lowest BCUT2D eigenvalue weighted by Gasteiger charge is -2.23. The average Bonchev–Trinajstić information content (AvgIpc) is 3.48. The van der Waals surface area contributed by atoms with Crippen molar-refractivity contribution in [3.8, 4) is 17.2 Å². The van der Waals surface area contributed by atoms with Crippen LogP contribution in [0.3, 0.4) is 0 Å². The minimum absolute atomic E-state index is 0.0565. The Hall–Kier alpha value is -5.12. The van der Waals surface area contributed by atoms with E-state index in [1.54, 1.807) is 44.4 Å². The molecular weight excluding hydrogens is 610 g/mol. The third-order valence-electron chi connectivity index (χ3n) is 8.66. The van der Waals surface area contributed by atoms with Crippen molar-refractivity contribution in [2.45, 2.75) is 76.7 Å². The van der Waals surface area contributed by atoms with E-state index < -0.39 is 23.7 Å². The van der Waals surface area contributed by atoms with Crippen molar-refractivity contribution in [1.82, 2.24) is 15.3 Å². The van der Waals surface area contributed by atoms with Gasteiger partial charge in [-0.3, -0.25) is 9.59 Å². The number of imidazole rings is 1. The monoisotopic (exact) mass is 653 g/mol. The number of benzene rings is 3. The van der Waals surface area contributed by atoms with Crippen molar-refractivity contribution < 1.29 is 34.1 Å². The molecule has 1 aliphatic heterocycles. The fourth-order valence-corrected chi connectivity index (χ4v) is 6.11. The number of amides is 1. The number of aryl methyl sites for hydroxylation is 1. The second-order valence-electron chi connectivity index (χ2n) is 12.2. The number of nitrogens with one attached hydrogen (secondary N) is 2. The van der Waals surface area contributed by atoms with E-state index in [0.29, 0.717) is 69.2 Å². The van der Waals surface area contributed by atoms with E-state index in [0.717, 1.165) is 16.9 Å². The molecule has 3 aromatic carbocycles. The van der Waals surface area contributed by atoms with Crippen LogP contribution in [0.1, 0.15) is 97.1 Å². The number of hydrogen-bond donors (Lipinski definition) is 4. The number of hydrogen-bond acceptors (Lipinski definition) is 8. The van der Waals surface area contributed by atoms with Gasteiger partial charge >= 0.3 is 5.97 Å². The number of cyclic esters (lactones) is 1. The number of para-hydroxylation sites is 2. The molecule has 0 radical (unpaired) electrons. The topological polar surface area (TPSA) is 151 Å². The predicted molar refractivity (Wildman–Crippen MR) is 183 cm³/mol. The number of esters is 1. The van der Waals surface area contributed by atoms with Gasteiger partial charge < -0.3 is 30.0 Å². The van der Waals surface area contributed by atoms with Gasteiger partial charge in [-0.05, 0) is 80.5 Å². The van der Waals surface area contributed by atoms with Gasteiger partial charge in [-0.1, -0.05) is 36.4 Å². The molecule has 10 heteroatoms. The number of ketones is 1. The summed E-state index contributed by atoms with van der Waals surface area (Å²) >= 11 is 0. The van der Waals surface area contributed by atoms with Crippen LogP contribution < -0.4 is 10.1 Å². The van der Waals surface area contributed by atoms with Crippen LogP contribution >= 0.6 is 0 Å². The first kappa shape index (κ1) is 34.2. The molecule has 0 saturated carbocycles. The number of nitrogens with zero attached hydrogens (tertiary/aromatic N) is 1. The third-order valence-corrected chi connectivity index (χ3v) is 8.66. The summed E-state index contributed by atoms with van der Waals surface area (Å²) in [6, 6.07) is 16.2. The second kappa shape index (κ2) is 16.1. The highest BCUT2D eigenvalue weighted by atomic mass is 16.5. The Labute approximate surface area is 280 Å². The first-order valence-electron chi connectivity index (χ1n) is 16.6. The van der Waals surface area contributed by atoms with E-state index in [1.165, 1.54) is 6.07 Å². The lowest BCUT2D eigenvalue weighted by molar-refractivity contribution is -0.121. The maximum atomic E-state index is 13.6. The highest BCUT2D eigenvalue weighted by Crippen LogP contribution is 2.44. The molecule has 1 aliphatic rings. The lowest BCUT2D eigenvalue weighted by Crippen LogP contribution is -2.27. The second-order valence-corrected chi connectivity index (χ2v) is 12.2. The number of phenols is 2. The van der Waals surface area contributed by atoms with Gasteiger partial charge in [0.25, 0.3) is 0 Å². The molecule has 48 heavy (non-hydrogen) atoms. The Balaban J connectivity index is 1.41. The molecule has 5 rings (SSSR count). The van der Waals surface area contributed by atoms with E-state index in [4.69, 9.17) is 9.47 Å². The van der Waals surface area contributed by atoms with Gasteiger partial charge in [-0.2, -0.15) is 0 Å². The molecule has 1 aromatic heterocycles. The summed E-state index contributed by atoms with van der Waals surface area (Å²) in [7, 11) is 1.55. The van der Waals surface area contributed by atoms with Crippen molar-refractivity contribution in [2.24, 2.45) is 0 Å². The molecule has 2 atom stereocenters. The van der Waals surface area contributed by atoms with Crippen LogP contribution in [0.2, 0.25) is 0 Å². The number of carbonyl (C=O) groups is 3. The quantitative estimate of drug-likeness (QED) is 0.115. The summed E-state index contributed by atoms with van der Waals surface area (Å²) in [5.41, 5.74) is 2.76. The zero-order chi connectivity index (χ0) is 34.0. The largest absolute Gasteiger partial charge is 0.507 e. The van der Waals surface area contributed by atoms with E-state index in [-0.39, 0.29) is 40.6 Å². The number of rotatable bonds is 9. The van der Waals surface area contributed by atoms with E-state index in [9.17, 15) is 24.6 Å². The van der Waals surface area contributed by atoms with Crippen LogP contribution in [-0.4, -0.2) is 57.6 Å². The third kappa shape index (κ3) is 8.61. The fraction of sp³-hybridized carbons (Fsp3) is 0.368. The molecule has 252 valence electrons. The predicted octanol–water partition coefficient (Wildman–Crippen LogP) is 6.74. The van der Waals surface area contributed by atoms with Gasteiger partial charge in [-0.25, -0.2) is 9.78 Å². The van der Waals surface area contributed by atoms with Crippen molar-refractivity contribution in [3.05, 3.63) is 88.8 Å². The molecular formula is C38H43N3O7. The number of H-pyrrole nitrogens is 1. The minimum Gasteiger partial charge on any atom is -0.507 e. The zero-order valence-corrected chi connectivity index (χ0v) is 27.5. The van der Waals surface area contributed by atoms with Crippen LogP contribution in [0.5, 0.6) is 17.2 Å². The van der Waals surface area contributed by atoms with Crippen LogP contribution in [-0.2, 0) is 20.7 Å². The Morgan fingerprint density at radius 1 is 1.10 bits per heavy atom. The van der Waals surface area contributed by atoms with Gasteiger partial charge in [0.15, 0.2) is 0 Å². The van der Waals surface area contributed by atoms with Crippen molar-refractivity contribution in [1.29, 1.82) is 0 Å². The summed E-state index contributed by atoms with van der Waals surface area (Å²) < 4.78 is 11.0. The maximum absolute atomic E-state index is 13.6. The summed E-state index contributed by atoms with van der Waals surface area (Å²) in [5, 5.41) is 26.1. The zero-order valence-electron chi connectivity index (χ0n) is 27.5. The number of phenolic OH excluding ortho intramolecular Hbond substituents is 2. The molecule has 0 aliphatic carbocycles. The minimum atomic E-state index is -0.801. The summed E-state index contributed by atoms with van der Waals surface area (Å²) in [6.07, 6.45) is 7.39. The van der Waals surface area contributed by atoms with Gasteiger partial charge in [0.05, 0.1) is 24.2 Å². The summed E-state index contributed by atoms with van der Waals surface area (Å²) in [5.74, 6) is -0.902. The molecule has 2 heterocycles. The van der Waals surface area contributed by atoms with E-state index in [2.05, 4.69) is 15.3 Å². The molecule has 0 saturated heterocycles. The number of methoxy groups -OCH3 is 1. The summed E-state index contributed by atoms with van der Waals surface area (Å²) in [6.45, 7) is 2.15. The van der Waals surface area contributed by atoms with Crippen molar-refractivity contribution in [2.75, 3.05) is 13.7 Å². The molecule has 4 N–H and O–H groups in total. The van der Waals surface area contributed by atoms with Crippen LogP contribution in [0.4, 0.5) is 0 Å². The van der Waals surface area contributed by atoms with Gasteiger partial charge in [0.1, 0.15) is 34.4 Å². The van der Waals surface area contributed by atoms with Crippen LogP contribution in [0.15, 0.2) is 60.7 Å². The number of allylic oxidation sites excluding steroid dienone is 1. The average molecular weight is 654 g/mol.